The van der Waals surface area contributed by atoms with Crippen LogP contribution in [-0.2, 0) is 4.79 Å². The van der Waals surface area contributed by atoms with Gasteiger partial charge < -0.3 is 20.1 Å². The monoisotopic (exact) mass is 512 g/mol. The third-order valence-electron chi connectivity index (χ3n) is 5.79. The van der Waals surface area contributed by atoms with Crippen LogP contribution in [0.25, 0.3) is 6.08 Å². The molecule has 0 saturated heterocycles. The molecule has 0 bridgehead atoms. The van der Waals surface area contributed by atoms with E-state index in [0.717, 1.165) is 21.6 Å². The molecule has 2 N–H and O–H groups in total. The van der Waals surface area contributed by atoms with Crippen LogP contribution in [-0.4, -0.2) is 26.0 Å². The highest BCUT2D eigenvalue weighted by molar-refractivity contribution is 7.10. The van der Waals surface area contributed by atoms with Crippen LogP contribution in [0.15, 0.2) is 96.0 Å². The molecule has 0 unspecified atom stereocenters. The van der Waals surface area contributed by atoms with Gasteiger partial charge in [-0.1, -0.05) is 66.2 Å². The molecule has 0 aliphatic rings. The first kappa shape index (κ1) is 25.7. The zero-order valence-corrected chi connectivity index (χ0v) is 21.7. The molecule has 7 heteroatoms. The zero-order valence-electron chi connectivity index (χ0n) is 20.9. The molecule has 0 spiro atoms. The van der Waals surface area contributed by atoms with Crippen LogP contribution in [0.2, 0.25) is 0 Å². The van der Waals surface area contributed by atoms with Crippen LogP contribution in [0.1, 0.15) is 38.0 Å². The maximum Gasteiger partial charge on any atom is 0.268 e. The Balaban J connectivity index is 1.65. The Labute approximate surface area is 220 Å². The summed E-state index contributed by atoms with van der Waals surface area (Å²) in [6, 6.07) is 26.0. The highest BCUT2D eigenvalue weighted by Crippen LogP contribution is 2.28. The summed E-state index contributed by atoms with van der Waals surface area (Å²) < 4.78 is 10.6. The number of rotatable bonds is 9. The molecule has 1 heterocycles. The van der Waals surface area contributed by atoms with Crippen molar-refractivity contribution < 1.29 is 19.1 Å². The summed E-state index contributed by atoms with van der Waals surface area (Å²) in [5.74, 6) is 0.0870. The number of amides is 2. The fourth-order valence-corrected chi connectivity index (χ4v) is 4.48. The van der Waals surface area contributed by atoms with E-state index in [9.17, 15) is 9.59 Å². The second kappa shape index (κ2) is 12.1. The molecular weight excluding hydrogens is 484 g/mol. The molecule has 0 saturated carbocycles. The van der Waals surface area contributed by atoms with Gasteiger partial charge in [0, 0.05) is 10.4 Å². The number of benzene rings is 3. The second-order valence-electron chi connectivity index (χ2n) is 8.33. The summed E-state index contributed by atoms with van der Waals surface area (Å²) in [5.41, 5.74) is 3.46. The Kier molecular flexibility index (Phi) is 8.38. The van der Waals surface area contributed by atoms with Crippen molar-refractivity contribution in [1.29, 1.82) is 0 Å². The summed E-state index contributed by atoms with van der Waals surface area (Å²) in [7, 11) is 3.03. The minimum Gasteiger partial charge on any atom is -0.493 e. The number of methoxy groups -OCH3 is 2. The van der Waals surface area contributed by atoms with Crippen molar-refractivity contribution in [3.05, 3.63) is 123 Å². The number of carbonyl (C=O) groups is 2. The molecule has 1 aromatic heterocycles. The first-order valence-corrected chi connectivity index (χ1v) is 12.6. The molecule has 2 amide bonds. The Morgan fingerprint density at radius 1 is 0.838 bits per heavy atom. The number of carbonyl (C=O) groups excluding carboxylic acids is 2. The number of hydrogen-bond donors (Lipinski definition) is 2. The van der Waals surface area contributed by atoms with Crippen molar-refractivity contribution in [3.8, 4) is 11.5 Å². The normalized spacial score (nSPS) is 11.9. The van der Waals surface area contributed by atoms with Gasteiger partial charge in [-0.15, -0.1) is 11.3 Å². The molecule has 0 aliphatic heterocycles. The number of thiophene rings is 1. The van der Waals surface area contributed by atoms with Gasteiger partial charge in [0.15, 0.2) is 11.5 Å². The maximum atomic E-state index is 13.6. The van der Waals surface area contributed by atoms with Crippen molar-refractivity contribution in [2.24, 2.45) is 0 Å². The number of hydrogen-bond acceptors (Lipinski definition) is 5. The highest BCUT2D eigenvalue weighted by atomic mass is 32.1. The molecule has 0 aliphatic carbocycles. The zero-order chi connectivity index (χ0) is 26.2. The Morgan fingerprint density at radius 2 is 1.54 bits per heavy atom. The fourth-order valence-electron chi connectivity index (χ4n) is 3.82. The number of ether oxygens (including phenoxy) is 2. The van der Waals surface area contributed by atoms with Crippen molar-refractivity contribution >= 4 is 29.2 Å². The summed E-state index contributed by atoms with van der Waals surface area (Å²) in [5, 5.41) is 7.83. The van der Waals surface area contributed by atoms with Crippen molar-refractivity contribution in [2.75, 3.05) is 14.2 Å². The average Bonchev–Trinajstić information content (AvgIpc) is 3.45. The first-order valence-electron chi connectivity index (χ1n) is 11.7. The Hall–Kier alpha value is -4.36. The van der Waals surface area contributed by atoms with Crippen LogP contribution in [0.3, 0.4) is 0 Å². The van der Waals surface area contributed by atoms with Gasteiger partial charge >= 0.3 is 0 Å². The Morgan fingerprint density at radius 3 is 2.19 bits per heavy atom. The lowest BCUT2D eigenvalue weighted by Crippen LogP contribution is -2.37. The van der Waals surface area contributed by atoms with Gasteiger partial charge in [0.1, 0.15) is 5.70 Å². The van der Waals surface area contributed by atoms with E-state index >= 15 is 0 Å². The van der Waals surface area contributed by atoms with Gasteiger partial charge in [-0.25, -0.2) is 0 Å². The maximum absolute atomic E-state index is 13.6. The van der Waals surface area contributed by atoms with Gasteiger partial charge in [-0.3, -0.25) is 9.59 Å². The fraction of sp³-hybridized carbons (Fsp3) is 0.133. The van der Waals surface area contributed by atoms with Crippen molar-refractivity contribution in [2.45, 2.75) is 13.0 Å². The third-order valence-corrected chi connectivity index (χ3v) is 6.61. The largest absolute Gasteiger partial charge is 0.493 e. The van der Waals surface area contributed by atoms with Gasteiger partial charge in [-0.05, 0) is 53.8 Å². The lowest BCUT2D eigenvalue weighted by atomic mass is 9.97. The standard InChI is InChI=1S/C30H28N2O4S/c1-20-11-13-22(14-12-20)28(21-8-5-4-6-9-21)32-30(34)25(19-24-10-7-17-37-24)31-29(33)23-15-16-26(35-2)27(18-23)36-3/h4-19,28H,1-3H3,(H,31,33)(H,32,34)/b25-19-/t28-/m0/s1. The van der Waals surface area contributed by atoms with Crippen molar-refractivity contribution in [3.63, 3.8) is 0 Å². The predicted octanol–water partition coefficient (Wildman–Crippen LogP) is 5.75. The molecule has 0 radical (unpaired) electrons. The molecule has 188 valence electrons. The molecule has 0 fully saturated rings. The minimum absolute atomic E-state index is 0.135. The van der Waals surface area contributed by atoms with Gasteiger partial charge in [0.2, 0.25) is 0 Å². The molecule has 4 rings (SSSR count). The van der Waals surface area contributed by atoms with E-state index < -0.39 is 17.9 Å². The van der Waals surface area contributed by atoms with E-state index in [1.807, 2.05) is 79.0 Å². The number of nitrogens with one attached hydrogen (secondary N) is 2. The summed E-state index contributed by atoms with van der Waals surface area (Å²) in [6.45, 7) is 2.02. The van der Waals surface area contributed by atoms with Gasteiger partial charge in [0.05, 0.1) is 20.3 Å². The number of aryl methyl sites for hydroxylation is 1. The predicted molar refractivity (Wildman–Crippen MR) is 147 cm³/mol. The highest BCUT2D eigenvalue weighted by Gasteiger charge is 2.22. The molecule has 4 aromatic rings. The Bertz CT molecular complexity index is 1380. The molecule has 37 heavy (non-hydrogen) atoms. The molecule has 3 aromatic carbocycles. The van der Waals surface area contributed by atoms with Gasteiger partial charge in [0.25, 0.3) is 11.8 Å². The van der Waals surface area contributed by atoms with Gasteiger partial charge in [-0.2, -0.15) is 0 Å². The molecular formula is C30H28N2O4S. The summed E-state index contributed by atoms with van der Waals surface area (Å²) in [4.78, 5) is 27.7. The van der Waals surface area contributed by atoms with E-state index in [2.05, 4.69) is 10.6 Å². The van der Waals surface area contributed by atoms with E-state index in [1.54, 1.807) is 24.3 Å². The quantitative estimate of drug-likeness (QED) is 0.280. The van der Waals surface area contributed by atoms with Crippen LogP contribution < -0.4 is 20.1 Å². The molecule has 1 atom stereocenters. The lowest BCUT2D eigenvalue weighted by molar-refractivity contribution is -0.118. The molecule has 6 nitrogen and oxygen atoms in total. The summed E-state index contributed by atoms with van der Waals surface area (Å²) >= 11 is 1.47. The first-order chi connectivity index (χ1) is 18.0. The van der Waals surface area contributed by atoms with Crippen LogP contribution in [0.4, 0.5) is 0 Å². The van der Waals surface area contributed by atoms with Crippen LogP contribution in [0, 0.1) is 6.92 Å². The minimum atomic E-state index is -0.439. The van der Waals surface area contributed by atoms with E-state index in [4.69, 9.17) is 9.47 Å². The van der Waals surface area contributed by atoms with Crippen LogP contribution in [0.5, 0.6) is 11.5 Å². The van der Waals surface area contributed by atoms with E-state index in [1.165, 1.54) is 25.6 Å². The SMILES string of the molecule is COc1ccc(C(=O)N/C(=C\c2cccs2)C(=O)N[C@@H](c2ccccc2)c2ccc(C)cc2)cc1OC. The van der Waals surface area contributed by atoms with Crippen molar-refractivity contribution in [1.82, 2.24) is 10.6 Å². The second-order valence-corrected chi connectivity index (χ2v) is 9.30. The summed E-state index contributed by atoms with van der Waals surface area (Å²) in [6.07, 6.45) is 1.68. The smallest absolute Gasteiger partial charge is 0.268 e. The van der Waals surface area contributed by atoms with E-state index in [0.29, 0.717) is 17.1 Å². The topological polar surface area (TPSA) is 76.7 Å². The lowest BCUT2D eigenvalue weighted by Gasteiger charge is -2.21. The average molecular weight is 513 g/mol. The third kappa shape index (κ3) is 6.45. The van der Waals surface area contributed by atoms with Crippen LogP contribution >= 0.6 is 11.3 Å². The van der Waals surface area contributed by atoms with E-state index in [-0.39, 0.29) is 5.70 Å².